The maximum atomic E-state index is 13.6. The molecule has 0 aliphatic carbocycles. The first kappa shape index (κ1) is 20.0. The number of hydrogen-bond donors (Lipinski definition) is 0. The van der Waals surface area contributed by atoms with Gasteiger partial charge in [-0.15, -0.1) is 0 Å². The van der Waals surface area contributed by atoms with Crippen LogP contribution < -0.4 is 0 Å². The molecule has 0 bridgehead atoms. The number of ketones is 1. The third-order valence-electron chi connectivity index (χ3n) is 6.73. The van der Waals surface area contributed by atoms with E-state index in [0.717, 1.165) is 18.8 Å². The van der Waals surface area contributed by atoms with Gasteiger partial charge in [-0.3, -0.25) is 14.4 Å². The van der Waals surface area contributed by atoms with E-state index in [0.29, 0.717) is 12.2 Å². The van der Waals surface area contributed by atoms with Gasteiger partial charge in [-0.05, 0) is 16.7 Å². The van der Waals surface area contributed by atoms with Crippen LogP contribution in [0.1, 0.15) is 32.0 Å². The highest BCUT2D eigenvalue weighted by molar-refractivity contribution is 6.84. The average Bonchev–Trinajstić information content (AvgIpc) is 3.13. The van der Waals surface area contributed by atoms with E-state index >= 15 is 0 Å². The molecule has 0 spiro atoms. The second kappa shape index (κ2) is 7.36. The number of likely N-dealkylation sites (tertiary alicyclic amines) is 1. The molecule has 5 heteroatoms. The molecule has 4 nitrogen and oxygen atoms in total. The fourth-order valence-corrected chi connectivity index (χ4v) is 6.60. The summed E-state index contributed by atoms with van der Waals surface area (Å²) in [6.07, 6.45) is 2.67. The number of benzene rings is 1. The molecule has 1 aromatic heterocycles. The average molecular weight is 384 g/mol. The van der Waals surface area contributed by atoms with Crippen molar-refractivity contribution in [2.75, 3.05) is 6.54 Å². The largest absolute Gasteiger partial charge is 0.298 e. The number of nitrogens with zero attached hydrogens (tertiary/aromatic N) is 3. The van der Waals surface area contributed by atoms with Crippen molar-refractivity contribution >= 4 is 13.9 Å². The molecule has 0 unspecified atom stereocenters. The highest BCUT2D eigenvalue weighted by Gasteiger charge is 2.52. The van der Waals surface area contributed by atoms with Crippen LogP contribution in [-0.2, 0) is 24.8 Å². The first-order chi connectivity index (χ1) is 12.6. The van der Waals surface area contributed by atoms with Crippen molar-refractivity contribution < 1.29 is 4.79 Å². The van der Waals surface area contributed by atoms with Crippen LogP contribution >= 0.6 is 0 Å². The summed E-state index contributed by atoms with van der Waals surface area (Å²) in [5.41, 5.74) is 2.45. The Hall–Kier alpha value is -1.72. The van der Waals surface area contributed by atoms with Crippen molar-refractivity contribution in [1.82, 2.24) is 14.7 Å². The summed E-state index contributed by atoms with van der Waals surface area (Å²) in [6.45, 7) is 13.4. The minimum absolute atomic E-state index is 0.0702. The smallest absolute Gasteiger partial charge is 0.152 e. The van der Waals surface area contributed by atoms with Crippen LogP contribution in [-0.4, -0.2) is 41.1 Å². The third kappa shape index (κ3) is 4.09. The van der Waals surface area contributed by atoms with Crippen molar-refractivity contribution in [2.24, 2.45) is 7.05 Å². The lowest BCUT2D eigenvalue weighted by Crippen LogP contribution is -2.45. The molecular weight excluding hydrogens is 350 g/mol. The van der Waals surface area contributed by atoms with E-state index < -0.39 is 8.07 Å². The van der Waals surface area contributed by atoms with Gasteiger partial charge in [0.05, 0.1) is 19.8 Å². The molecule has 1 aromatic carbocycles. The van der Waals surface area contributed by atoms with Gasteiger partial charge < -0.3 is 0 Å². The molecular formula is C22H33N3OSi. The minimum atomic E-state index is -1.76. The zero-order valence-corrected chi connectivity index (χ0v) is 18.6. The van der Waals surface area contributed by atoms with E-state index in [9.17, 15) is 4.79 Å². The Bertz CT molecular complexity index is 791. The molecule has 1 fully saturated rings. The minimum Gasteiger partial charge on any atom is -0.298 e. The molecule has 2 atom stereocenters. The number of carbonyl (C=O) groups is 1. The van der Waals surface area contributed by atoms with Crippen LogP contribution in [0.15, 0.2) is 42.6 Å². The zero-order valence-electron chi connectivity index (χ0n) is 17.6. The molecule has 146 valence electrons. The topological polar surface area (TPSA) is 38.1 Å². The summed E-state index contributed by atoms with van der Waals surface area (Å²) < 4.78 is 1.82. The lowest BCUT2D eigenvalue weighted by molar-refractivity contribution is -0.120. The number of aromatic nitrogens is 2. The van der Waals surface area contributed by atoms with Crippen molar-refractivity contribution in [2.45, 2.75) is 63.5 Å². The Labute approximate surface area is 164 Å². The van der Waals surface area contributed by atoms with Gasteiger partial charge >= 0.3 is 0 Å². The van der Waals surface area contributed by atoms with E-state index in [4.69, 9.17) is 0 Å². The Kier molecular flexibility index (Phi) is 5.46. The summed E-state index contributed by atoms with van der Waals surface area (Å²) >= 11 is 0. The van der Waals surface area contributed by atoms with E-state index in [1.54, 1.807) is 0 Å². The van der Waals surface area contributed by atoms with Crippen molar-refractivity contribution in [3.8, 4) is 0 Å². The first-order valence-corrected chi connectivity index (χ1v) is 13.0. The van der Waals surface area contributed by atoms with Crippen LogP contribution in [0, 0.1) is 0 Å². The Morgan fingerprint density at radius 1 is 1.15 bits per heavy atom. The standard InChI is InChI=1S/C22H33N3OSi/c1-22(2,3)27(5,6)20-16-25(15-17-10-8-7-9-11-17)19(21(20)26)14-18-12-13-24(4)23-18/h7-13,19-20H,14-16H2,1-6H3/t19-,20-/m1/s1. The van der Waals surface area contributed by atoms with Crippen LogP contribution in [0.2, 0.25) is 23.7 Å². The Morgan fingerprint density at radius 3 is 2.37 bits per heavy atom. The van der Waals surface area contributed by atoms with Gasteiger partial charge in [-0.1, -0.05) is 64.2 Å². The highest BCUT2D eigenvalue weighted by atomic mass is 28.3. The quantitative estimate of drug-likeness (QED) is 0.723. The van der Waals surface area contributed by atoms with Gasteiger partial charge in [0, 0.05) is 38.3 Å². The molecule has 1 aliphatic heterocycles. The molecule has 0 amide bonds. The van der Waals surface area contributed by atoms with Gasteiger partial charge in [0.15, 0.2) is 5.78 Å². The summed E-state index contributed by atoms with van der Waals surface area (Å²) in [5.74, 6) is 0.433. The van der Waals surface area contributed by atoms with Crippen LogP contribution in [0.4, 0.5) is 0 Å². The van der Waals surface area contributed by atoms with Crippen molar-refractivity contribution in [1.29, 1.82) is 0 Å². The lowest BCUT2D eigenvalue weighted by atomic mass is 10.1. The fraction of sp³-hybridized carbons (Fsp3) is 0.545. The molecule has 3 rings (SSSR count). The van der Waals surface area contributed by atoms with Crippen LogP contribution in [0.5, 0.6) is 0 Å². The van der Waals surface area contributed by atoms with Crippen molar-refractivity contribution in [3.63, 3.8) is 0 Å². The summed E-state index contributed by atoms with van der Waals surface area (Å²) in [7, 11) is 0.166. The number of Topliss-reactive ketones (excluding diaryl/α,β-unsaturated/α-hetero) is 1. The van der Waals surface area contributed by atoms with Gasteiger partial charge in [-0.25, -0.2) is 0 Å². The molecule has 2 aromatic rings. The first-order valence-electron chi connectivity index (χ1n) is 9.90. The maximum absolute atomic E-state index is 13.6. The lowest BCUT2D eigenvalue weighted by Gasteiger charge is -2.41. The van der Waals surface area contributed by atoms with Gasteiger partial charge in [0.25, 0.3) is 0 Å². The van der Waals surface area contributed by atoms with E-state index in [1.165, 1.54) is 5.56 Å². The second-order valence-electron chi connectivity index (χ2n) is 9.54. The molecule has 0 N–H and O–H groups in total. The number of carbonyl (C=O) groups excluding carboxylic acids is 1. The van der Waals surface area contributed by atoms with Gasteiger partial charge in [-0.2, -0.15) is 5.10 Å². The van der Waals surface area contributed by atoms with E-state index in [2.05, 4.69) is 68.1 Å². The summed E-state index contributed by atoms with van der Waals surface area (Å²) in [5, 5.41) is 4.74. The van der Waals surface area contributed by atoms with Crippen molar-refractivity contribution in [3.05, 3.63) is 53.9 Å². The Morgan fingerprint density at radius 2 is 1.81 bits per heavy atom. The predicted molar refractivity (Wildman–Crippen MR) is 114 cm³/mol. The summed E-state index contributed by atoms with van der Waals surface area (Å²) in [6, 6.07) is 12.5. The summed E-state index contributed by atoms with van der Waals surface area (Å²) in [4.78, 5) is 16.0. The number of aryl methyl sites for hydroxylation is 1. The number of rotatable bonds is 5. The van der Waals surface area contributed by atoms with Gasteiger partial charge in [0.1, 0.15) is 0 Å². The monoisotopic (exact) mass is 383 g/mol. The second-order valence-corrected chi connectivity index (χ2v) is 15.2. The normalized spacial score (nSPS) is 21.8. The fourth-order valence-electron chi connectivity index (χ4n) is 3.96. The van der Waals surface area contributed by atoms with Crippen LogP contribution in [0.25, 0.3) is 0 Å². The van der Waals surface area contributed by atoms with Crippen LogP contribution in [0.3, 0.4) is 0 Å². The molecule has 0 saturated carbocycles. The van der Waals surface area contributed by atoms with E-state index in [1.807, 2.05) is 30.1 Å². The predicted octanol–water partition coefficient (Wildman–Crippen LogP) is 4.29. The molecule has 2 heterocycles. The SMILES string of the molecule is Cn1ccc(C[C@@H]2C(=O)[C@H]([Si](C)(C)C(C)(C)C)CN2Cc2ccccc2)n1. The number of hydrogen-bond acceptors (Lipinski definition) is 3. The zero-order chi connectivity index (χ0) is 19.8. The van der Waals surface area contributed by atoms with E-state index in [-0.39, 0.29) is 16.6 Å². The molecule has 27 heavy (non-hydrogen) atoms. The molecule has 0 radical (unpaired) electrons. The highest BCUT2D eigenvalue weighted by Crippen LogP contribution is 2.47. The molecule has 1 aliphatic rings. The Balaban J connectivity index is 1.89. The molecule has 1 saturated heterocycles. The third-order valence-corrected chi connectivity index (χ3v) is 12.8. The maximum Gasteiger partial charge on any atom is 0.152 e. The van der Waals surface area contributed by atoms with Gasteiger partial charge in [0.2, 0.25) is 0 Å².